The highest BCUT2D eigenvalue weighted by Crippen LogP contribution is 2.29. The molecule has 1 rings (SSSR count). The molecule has 0 saturated carbocycles. The molecule has 1 aliphatic carbocycles. The Bertz CT molecular complexity index is 477. The smallest absolute Gasteiger partial charge is 0.0427 e. The van der Waals surface area contributed by atoms with E-state index < -0.39 is 27.9 Å². The van der Waals surface area contributed by atoms with Gasteiger partial charge in [0, 0.05) is 20.8 Å². The second kappa shape index (κ2) is 8.65. The predicted molar refractivity (Wildman–Crippen MR) is 78.8 cm³/mol. The van der Waals surface area contributed by atoms with Crippen molar-refractivity contribution in [2.75, 3.05) is 5.75 Å². The molecule has 0 radical (unpaired) electrons. The summed E-state index contributed by atoms with van der Waals surface area (Å²) >= 11 is -3.42. The molecule has 0 amide bonds. The van der Waals surface area contributed by atoms with E-state index in [2.05, 4.69) is 0 Å². The van der Waals surface area contributed by atoms with Gasteiger partial charge in [-0.2, -0.15) is 0 Å². The van der Waals surface area contributed by atoms with E-state index in [1.54, 1.807) is 13.0 Å². The van der Waals surface area contributed by atoms with Crippen LogP contribution in [0.15, 0.2) is 46.3 Å². The molecular weight excluding hydrogens is 304 g/mol. The molecule has 0 aromatic carbocycles. The second-order valence-corrected chi connectivity index (χ2v) is 6.89. The summed E-state index contributed by atoms with van der Waals surface area (Å²) in [6.07, 6.45) is 12.0. The van der Waals surface area contributed by atoms with Crippen molar-refractivity contribution >= 4 is 33.9 Å². The van der Waals surface area contributed by atoms with Crippen LogP contribution in [0.2, 0.25) is 0 Å². The summed E-state index contributed by atoms with van der Waals surface area (Å²) in [6, 6.07) is 0. The molecule has 1 aliphatic rings. The van der Waals surface area contributed by atoms with Gasteiger partial charge in [0.15, 0.2) is 0 Å². The number of thioether (sulfide) groups is 1. The van der Waals surface area contributed by atoms with Crippen LogP contribution >= 0.6 is 11.8 Å². The molecular formula is C12H14O4S3-2. The van der Waals surface area contributed by atoms with Crippen LogP contribution in [-0.2, 0) is 22.2 Å². The third kappa shape index (κ3) is 6.49. The van der Waals surface area contributed by atoms with E-state index in [1.807, 2.05) is 24.3 Å². The summed E-state index contributed by atoms with van der Waals surface area (Å²) in [7, 11) is 0. The summed E-state index contributed by atoms with van der Waals surface area (Å²) in [5, 5.41) is 0.242. The first-order valence-electron chi connectivity index (χ1n) is 5.55. The van der Waals surface area contributed by atoms with Gasteiger partial charge in [0.2, 0.25) is 0 Å². The van der Waals surface area contributed by atoms with Gasteiger partial charge in [0.1, 0.15) is 0 Å². The summed E-state index contributed by atoms with van der Waals surface area (Å²) in [5.74, 6) is -0.492. The van der Waals surface area contributed by atoms with Gasteiger partial charge in [0.05, 0.1) is 0 Å². The van der Waals surface area contributed by atoms with Crippen LogP contribution in [0.3, 0.4) is 0 Å². The Morgan fingerprint density at radius 1 is 1.42 bits per heavy atom. The lowest BCUT2D eigenvalue weighted by Gasteiger charge is -2.16. The molecule has 7 heteroatoms. The lowest BCUT2D eigenvalue weighted by Crippen LogP contribution is -2.06. The zero-order valence-corrected chi connectivity index (χ0v) is 12.8. The van der Waals surface area contributed by atoms with Crippen LogP contribution in [-0.4, -0.2) is 28.5 Å². The van der Waals surface area contributed by atoms with Crippen molar-refractivity contribution in [3.8, 4) is 0 Å². The Kier molecular flexibility index (Phi) is 7.55. The Morgan fingerprint density at radius 3 is 2.63 bits per heavy atom. The van der Waals surface area contributed by atoms with Crippen molar-refractivity contribution in [1.82, 2.24) is 0 Å². The maximum Gasteiger partial charge on any atom is 0.0427 e. The third-order valence-corrected chi connectivity index (χ3v) is 4.99. The van der Waals surface area contributed by atoms with E-state index in [-0.39, 0.29) is 10.2 Å². The average molecular weight is 318 g/mol. The van der Waals surface area contributed by atoms with Crippen LogP contribution in [0, 0.1) is 0 Å². The largest absolute Gasteiger partial charge is 0.772 e. The quantitative estimate of drug-likeness (QED) is 0.554. The Hall–Kier alpha value is -0.470. The van der Waals surface area contributed by atoms with Gasteiger partial charge in [0.25, 0.3) is 0 Å². The second-order valence-electron chi connectivity index (χ2n) is 3.69. The van der Waals surface area contributed by atoms with Gasteiger partial charge < -0.3 is 9.11 Å². The molecule has 0 aliphatic heterocycles. The molecule has 19 heavy (non-hydrogen) atoms. The minimum absolute atomic E-state index is 0.121. The van der Waals surface area contributed by atoms with Gasteiger partial charge in [-0.1, -0.05) is 41.5 Å². The maximum atomic E-state index is 11.0. The summed E-state index contributed by atoms with van der Waals surface area (Å²) in [6.45, 7) is 1.79. The van der Waals surface area contributed by atoms with Crippen LogP contribution in [0.5, 0.6) is 0 Å². The first kappa shape index (κ1) is 16.6. The van der Waals surface area contributed by atoms with Gasteiger partial charge in [-0.25, -0.2) is 0 Å². The van der Waals surface area contributed by atoms with Crippen molar-refractivity contribution in [1.29, 1.82) is 0 Å². The normalized spacial score (nSPS) is 23.4. The van der Waals surface area contributed by atoms with E-state index >= 15 is 0 Å². The van der Waals surface area contributed by atoms with Crippen molar-refractivity contribution in [3.63, 3.8) is 0 Å². The fraction of sp³-hybridized carbons (Fsp3) is 0.333. The lowest BCUT2D eigenvalue weighted by atomic mass is 10.2. The molecule has 0 heterocycles. The zero-order chi connectivity index (χ0) is 14.3. The number of hydrogen-bond donors (Lipinski definition) is 0. The summed E-state index contributed by atoms with van der Waals surface area (Å²) < 4.78 is 43.2. The van der Waals surface area contributed by atoms with Gasteiger partial charge in [-0.3, -0.25) is 8.42 Å². The van der Waals surface area contributed by atoms with E-state index in [0.29, 0.717) is 0 Å². The van der Waals surface area contributed by atoms with Crippen molar-refractivity contribution in [2.24, 2.45) is 0 Å². The molecule has 3 unspecified atom stereocenters. The molecule has 4 nitrogen and oxygen atoms in total. The Morgan fingerprint density at radius 2 is 2.16 bits per heavy atom. The van der Waals surface area contributed by atoms with E-state index in [9.17, 15) is 17.5 Å². The van der Waals surface area contributed by atoms with Crippen molar-refractivity contribution < 1.29 is 17.5 Å². The van der Waals surface area contributed by atoms with Crippen LogP contribution < -0.4 is 0 Å². The first-order chi connectivity index (χ1) is 9.02. The van der Waals surface area contributed by atoms with Crippen LogP contribution in [0.1, 0.15) is 13.3 Å². The average Bonchev–Trinajstić information content (AvgIpc) is 2.37. The number of allylic oxidation sites excluding steroid dienone is 5. The fourth-order valence-electron chi connectivity index (χ4n) is 1.42. The van der Waals surface area contributed by atoms with Crippen LogP contribution in [0.25, 0.3) is 0 Å². The van der Waals surface area contributed by atoms with E-state index in [1.165, 1.54) is 17.8 Å². The van der Waals surface area contributed by atoms with Crippen molar-refractivity contribution in [3.05, 3.63) is 46.3 Å². The SMILES string of the molecule is CC=C(C=C(CS(=O)[O-])S(=O)[O-])SC1C=CC=CC1. The monoisotopic (exact) mass is 318 g/mol. The highest BCUT2D eigenvalue weighted by Gasteiger charge is 2.09. The highest BCUT2D eigenvalue weighted by atomic mass is 32.2. The van der Waals surface area contributed by atoms with Gasteiger partial charge in [-0.05, 0) is 30.5 Å². The summed E-state index contributed by atoms with van der Waals surface area (Å²) in [5.41, 5.74) is 0. The van der Waals surface area contributed by atoms with Gasteiger partial charge in [-0.15, -0.1) is 11.8 Å². The molecule has 0 aromatic heterocycles. The molecule has 3 atom stereocenters. The zero-order valence-electron chi connectivity index (χ0n) is 10.3. The predicted octanol–water partition coefficient (Wildman–Crippen LogP) is 2.15. The van der Waals surface area contributed by atoms with Crippen molar-refractivity contribution in [2.45, 2.75) is 18.6 Å². The number of rotatable bonds is 6. The van der Waals surface area contributed by atoms with E-state index in [4.69, 9.17) is 0 Å². The fourth-order valence-corrected chi connectivity index (χ4v) is 3.78. The standard InChI is InChI=1S/C12H16O4S3/c1-2-10(17-11-6-4-3-5-7-11)8-12(19(15)16)9-18(13)14/h2-6,8,11H,7,9H2,1H3,(H,13,14)(H,15,16)/p-2. The molecule has 0 aromatic rings. The first-order valence-corrected chi connectivity index (χ1v) is 8.74. The molecule has 106 valence electrons. The Labute approximate surface area is 122 Å². The number of hydrogen-bond acceptors (Lipinski definition) is 5. The summed E-state index contributed by atoms with van der Waals surface area (Å²) in [4.78, 5) is 0.624. The molecule has 0 saturated heterocycles. The van der Waals surface area contributed by atoms with Crippen LogP contribution in [0.4, 0.5) is 0 Å². The maximum absolute atomic E-state index is 11.0. The van der Waals surface area contributed by atoms with E-state index in [0.717, 1.165) is 11.3 Å². The molecule has 0 fully saturated rings. The lowest BCUT2D eigenvalue weighted by molar-refractivity contribution is 0.533. The van der Waals surface area contributed by atoms with Gasteiger partial charge >= 0.3 is 0 Å². The topological polar surface area (TPSA) is 80.3 Å². The molecule has 0 bridgehead atoms. The Balaban J connectivity index is 2.78. The minimum atomic E-state index is -2.52. The minimum Gasteiger partial charge on any atom is -0.772 e. The molecule has 0 N–H and O–H groups in total. The highest BCUT2D eigenvalue weighted by molar-refractivity contribution is 8.04. The third-order valence-electron chi connectivity index (χ3n) is 2.29. The molecule has 0 spiro atoms.